The molecule has 1 atom stereocenters. The summed E-state index contributed by atoms with van der Waals surface area (Å²) in [6.45, 7) is 2.37. The van der Waals surface area contributed by atoms with Crippen LogP contribution in [-0.2, 0) is 11.3 Å². The molecule has 0 aliphatic carbocycles. The molecule has 0 fully saturated rings. The van der Waals surface area contributed by atoms with E-state index >= 15 is 0 Å². The van der Waals surface area contributed by atoms with E-state index in [-0.39, 0.29) is 24.6 Å². The van der Waals surface area contributed by atoms with Gasteiger partial charge in [0.1, 0.15) is 0 Å². The van der Waals surface area contributed by atoms with Gasteiger partial charge in [0.2, 0.25) is 5.91 Å². The average Bonchev–Trinajstić information content (AvgIpc) is 2.56. The summed E-state index contributed by atoms with van der Waals surface area (Å²) >= 11 is 0. The molecule has 2 aromatic carbocycles. The molecule has 122 valence electrons. The zero-order valence-corrected chi connectivity index (χ0v) is 13.0. The molecule has 1 unspecified atom stereocenters. The predicted molar refractivity (Wildman–Crippen MR) is 85.4 cm³/mol. The molecule has 0 saturated carbocycles. The first kappa shape index (κ1) is 17.0. The van der Waals surface area contributed by atoms with Crippen LogP contribution in [0.1, 0.15) is 30.6 Å². The van der Waals surface area contributed by atoms with Crippen LogP contribution in [0.5, 0.6) is 5.75 Å². The molecule has 5 heteroatoms. The van der Waals surface area contributed by atoms with E-state index in [4.69, 9.17) is 4.74 Å². The van der Waals surface area contributed by atoms with Crippen molar-refractivity contribution in [2.24, 2.45) is 0 Å². The lowest BCUT2D eigenvalue weighted by molar-refractivity contribution is -0.123. The van der Waals surface area contributed by atoms with E-state index < -0.39 is 11.9 Å². The average molecular weight is 317 g/mol. The molecule has 0 saturated heterocycles. The second-order valence-electron chi connectivity index (χ2n) is 5.11. The zero-order chi connectivity index (χ0) is 16.7. The van der Waals surface area contributed by atoms with Crippen LogP contribution in [0.2, 0.25) is 0 Å². The van der Waals surface area contributed by atoms with Crippen molar-refractivity contribution in [3.63, 3.8) is 0 Å². The van der Waals surface area contributed by atoms with Gasteiger partial charge in [0, 0.05) is 6.54 Å². The lowest BCUT2D eigenvalue weighted by Crippen LogP contribution is -2.24. The Kier molecular flexibility index (Phi) is 6.11. The van der Waals surface area contributed by atoms with Crippen LogP contribution in [0.4, 0.5) is 4.39 Å². The van der Waals surface area contributed by atoms with Gasteiger partial charge >= 0.3 is 0 Å². The zero-order valence-electron chi connectivity index (χ0n) is 13.0. The molecule has 1 amide bonds. The Morgan fingerprint density at radius 2 is 2.00 bits per heavy atom. The highest BCUT2D eigenvalue weighted by atomic mass is 19.1. The first-order valence-electron chi connectivity index (χ1n) is 7.51. The number of benzene rings is 2. The van der Waals surface area contributed by atoms with Gasteiger partial charge in [-0.15, -0.1) is 0 Å². The number of rotatable bonds is 7. The molecule has 0 heterocycles. The van der Waals surface area contributed by atoms with E-state index in [9.17, 15) is 14.3 Å². The minimum absolute atomic E-state index is 0.0382. The molecule has 0 radical (unpaired) electrons. The SMILES string of the molecule is CCOc1ccc(CNC(=O)CC(O)c2ccccc2)cc1F. The Labute approximate surface area is 134 Å². The Hall–Kier alpha value is -2.40. The summed E-state index contributed by atoms with van der Waals surface area (Å²) in [5, 5.41) is 12.7. The maximum absolute atomic E-state index is 13.7. The number of nitrogens with one attached hydrogen (secondary N) is 1. The van der Waals surface area contributed by atoms with Crippen LogP contribution in [-0.4, -0.2) is 17.6 Å². The number of carbonyl (C=O) groups excluding carboxylic acids is 1. The lowest BCUT2D eigenvalue weighted by Gasteiger charge is -2.12. The third-order valence-electron chi connectivity index (χ3n) is 3.35. The Bertz CT molecular complexity index is 646. The number of carbonyl (C=O) groups is 1. The van der Waals surface area contributed by atoms with Crippen LogP contribution in [0.25, 0.3) is 0 Å². The van der Waals surface area contributed by atoms with Crippen molar-refractivity contribution in [2.45, 2.75) is 26.0 Å². The van der Waals surface area contributed by atoms with E-state index in [2.05, 4.69) is 5.32 Å². The van der Waals surface area contributed by atoms with Gasteiger partial charge in [0.25, 0.3) is 0 Å². The van der Waals surface area contributed by atoms with Crippen LogP contribution in [0.3, 0.4) is 0 Å². The highest BCUT2D eigenvalue weighted by Crippen LogP contribution is 2.19. The monoisotopic (exact) mass is 317 g/mol. The number of amides is 1. The number of aliphatic hydroxyl groups is 1. The van der Waals surface area contributed by atoms with Gasteiger partial charge in [-0.05, 0) is 30.2 Å². The molecule has 2 rings (SSSR count). The second-order valence-corrected chi connectivity index (χ2v) is 5.11. The molecule has 0 aromatic heterocycles. The molecule has 0 aliphatic rings. The van der Waals surface area contributed by atoms with Crippen molar-refractivity contribution in [1.29, 1.82) is 0 Å². The minimum Gasteiger partial charge on any atom is -0.491 e. The maximum Gasteiger partial charge on any atom is 0.223 e. The molecule has 2 N–H and O–H groups in total. The number of hydrogen-bond acceptors (Lipinski definition) is 3. The third-order valence-corrected chi connectivity index (χ3v) is 3.35. The van der Waals surface area contributed by atoms with E-state index in [1.165, 1.54) is 6.07 Å². The maximum atomic E-state index is 13.7. The summed E-state index contributed by atoms with van der Waals surface area (Å²) in [4.78, 5) is 11.9. The van der Waals surface area contributed by atoms with E-state index in [0.29, 0.717) is 17.7 Å². The van der Waals surface area contributed by atoms with Crippen LogP contribution >= 0.6 is 0 Å². The number of hydrogen-bond donors (Lipinski definition) is 2. The van der Waals surface area contributed by atoms with Gasteiger partial charge in [0.05, 0.1) is 19.1 Å². The smallest absolute Gasteiger partial charge is 0.223 e. The van der Waals surface area contributed by atoms with Crippen molar-refractivity contribution >= 4 is 5.91 Å². The van der Waals surface area contributed by atoms with Crippen molar-refractivity contribution < 1.29 is 19.0 Å². The van der Waals surface area contributed by atoms with Crippen LogP contribution in [0, 0.1) is 5.82 Å². The molecule has 23 heavy (non-hydrogen) atoms. The Balaban J connectivity index is 1.86. The highest BCUT2D eigenvalue weighted by Gasteiger charge is 2.12. The van der Waals surface area contributed by atoms with Gasteiger partial charge in [-0.1, -0.05) is 36.4 Å². The van der Waals surface area contributed by atoms with Crippen molar-refractivity contribution in [3.8, 4) is 5.75 Å². The number of halogens is 1. The predicted octanol–water partition coefficient (Wildman–Crippen LogP) is 2.96. The summed E-state index contributed by atoms with van der Waals surface area (Å²) in [6, 6.07) is 13.6. The third kappa shape index (κ3) is 5.07. The van der Waals surface area contributed by atoms with Gasteiger partial charge in [0.15, 0.2) is 11.6 Å². The fourth-order valence-electron chi connectivity index (χ4n) is 2.17. The first-order chi connectivity index (χ1) is 11.1. The lowest BCUT2D eigenvalue weighted by atomic mass is 10.1. The van der Waals surface area contributed by atoms with Crippen molar-refractivity contribution in [3.05, 3.63) is 65.5 Å². The largest absolute Gasteiger partial charge is 0.491 e. The summed E-state index contributed by atoms with van der Waals surface area (Å²) < 4.78 is 18.8. The van der Waals surface area contributed by atoms with Gasteiger partial charge in [-0.3, -0.25) is 4.79 Å². The second kappa shape index (κ2) is 8.29. The van der Waals surface area contributed by atoms with Crippen molar-refractivity contribution in [1.82, 2.24) is 5.32 Å². The normalized spacial score (nSPS) is 11.8. The molecule has 0 spiro atoms. The first-order valence-corrected chi connectivity index (χ1v) is 7.51. The van der Waals surface area contributed by atoms with Crippen molar-refractivity contribution in [2.75, 3.05) is 6.61 Å². The summed E-state index contributed by atoms with van der Waals surface area (Å²) in [5.41, 5.74) is 1.32. The molecule has 2 aromatic rings. The van der Waals surface area contributed by atoms with E-state index in [1.807, 2.05) is 6.07 Å². The quantitative estimate of drug-likeness (QED) is 0.825. The standard InChI is InChI=1S/C18H20FNO3/c1-2-23-17-9-8-13(10-15(17)19)12-20-18(22)11-16(21)14-6-4-3-5-7-14/h3-10,16,21H,2,11-12H2,1H3,(H,20,22). The molecular weight excluding hydrogens is 297 g/mol. The van der Waals surface area contributed by atoms with Crippen LogP contribution in [0.15, 0.2) is 48.5 Å². The fraction of sp³-hybridized carbons (Fsp3) is 0.278. The number of ether oxygens (including phenoxy) is 1. The summed E-state index contributed by atoms with van der Waals surface area (Å²) in [7, 11) is 0. The van der Waals surface area contributed by atoms with Gasteiger partial charge < -0.3 is 15.2 Å². The Morgan fingerprint density at radius 3 is 2.65 bits per heavy atom. The van der Waals surface area contributed by atoms with E-state index in [1.54, 1.807) is 43.3 Å². The summed E-state index contributed by atoms with van der Waals surface area (Å²) in [6.07, 6.45) is -0.892. The van der Waals surface area contributed by atoms with E-state index in [0.717, 1.165) is 0 Å². The number of aliphatic hydroxyl groups excluding tert-OH is 1. The van der Waals surface area contributed by atoms with Crippen LogP contribution < -0.4 is 10.1 Å². The minimum atomic E-state index is -0.853. The highest BCUT2D eigenvalue weighted by molar-refractivity contribution is 5.76. The summed E-state index contributed by atoms with van der Waals surface area (Å²) in [5.74, 6) is -0.555. The molecular formula is C18H20FNO3. The fourth-order valence-corrected chi connectivity index (χ4v) is 2.17. The Morgan fingerprint density at radius 1 is 1.26 bits per heavy atom. The van der Waals surface area contributed by atoms with Gasteiger partial charge in [-0.2, -0.15) is 0 Å². The molecule has 0 aliphatic heterocycles. The molecule has 0 bridgehead atoms. The topological polar surface area (TPSA) is 58.6 Å². The molecule has 4 nitrogen and oxygen atoms in total. The van der Waals surface area contributed by atoms with Gasteiger partial charge in [-0.25, -0.2) is 4.39 Å².